The van der Waals surface area contributed by atoms with Crippen molar-refractivity contribution in [3.8, 4) is 0 Å². The summed E-state index contributed by atoms with van der Waals surface area (Å²) in [4.78, 5) is 11.7. The molecule has 3 rings (SSSR count). The third kappa shape index (κ3) is 1.67. The number of carbonyl (C=O) groups excluding carboxylic acids is 1. The standard InChI is InChI=1S/C15H12O2/c16-13-7-8-14(17)15(13)12-6-5-10-3-1-2-4-11(10)9-12/h1-9,13,15-16H/t13-,15+/m1/s1. The van der Waals surface area contributed by atoms with E-state index in [2.05, 4.69) is 0 Å². The predicted molar refractivity (Wildman–Crippen MR) is 66.8 cm³/mol. The molecule has 0 saturated heterocycles. The molecule has 0 saturated carbocycles. The average molecular weight is 224 g/mol. The van der Waals surface area contributed by atoms with Gasteiger partial charge in [-0.05, 0) is 22.4 Å². The molecular weight excluding hydrogens is 212 g/mol. The molecule has 1 aliphatic carbocycles. The van der Waals surface area contributed by atoms with Crippen LogP contribution < -0.4 is 0 Å². The lowest BCUT2D eigenvalue weighted by Gasteiger charge is -2.14. The molecule has 2 aromatic rings. The predicted octanol–water partition coefficient (Wildman–Crippen LogP) is 2.42. The zero-order chi connectivity index (χ0) is 11.8. The second-order valence-corrected chi connectivity index (χ2v) is 4.34. The summed E-state index contributed by atoms with van der Waals surface area (Å²) in [5.74, 6) is -0.451. The summed E-state index contributed by atoms with van der Waals surface area (Å²) in [6, 6.07) is 13.9. The van der Waals surface area contributed by atoms with Crippen molar-refractivity contribution in [1.29, 1.82) is 0 Å². The number of hydrogen-bond donors (Lipinski definition) is 1. The van der Waals surface area contributed by atoms with Crippen LogP contribution in [0.3, 0.4) is 0 Å². The third-order valence-corrected chi connectivity index (χ3v) is 3.24. The van der Waals surface area contributed by atoms with E-state index >= 15 is 0 Å². The van der Waals surface area contributed by atoms with Crippen molar-refractivity contribution in [2.75, 3.05) is 0 Å². The minimum atomic E-state index is -0.691. The normalized spacial score (nSPS) is 23.5. The largest absolute Gasteiger partial charge is 0.388 e. The van der Waals surface area contributed by atoms with Gasteiger partial charge in [0.15, 0.2) is 5.78 Å². The number of carbonyl (C=O) groups is 1. The molecule has 84 valence electrons. The van der Waals surface area contributed by atoms with Crippen LogP contribution in [0, 0.1) is 0 Å². The summed E-state index contributed by atoms with van der Waals surface area (Å²) >= 11 is 0. The molecule has 17 heavy (non-hydrogen) atoms. The van der Waals surface area contributed by atoms with Crippen LogP contribution in [0.4, 0.5) is 0 Å². The van der Waals surface area contributed by atoms with E-state index in [0.717, 1.165) is 16.3 Å². The molecule has 2 nitrogen and oxygen atoms in total. The monoisotopic (exact) mass is 224 g/mol. The highest BCUT2D eigenvalue weighted by Crippen LogP contribution is 2.29. The number of fused-ring (bicyclic) bond motifs is 1. The molecule has 0 aliphatic heterocycles. The van der Waals surface area contributed by atoms with Gasteiger partial charge in [-0.25, -0.2) is 0 Å². The number of hydrogen-bond acceptors (Lipinski definition) is 2. The molecule has 0 radical (unpaired) electrons. The van der Waals surface area contributed by atoms with Gasteiger partial charge in [-0.15, -0.1) is 0 Å². The summed E-state index contributed by atoms with van der Waals surface area (Å²) < 4.78 is 0. The van der Waals surface area contributed by atoms with Gasteiger partial charge in [-0.1, -0.05) is 48.5 Å². The highest BCUT2D eigenvalue weighted by atomic mass is 16.3. The zero-order valence-electron chi connectivity index (χ0n) is 9.21. The lowest BCUT2D eigenvalue weighted by molar-refractivity contribution is -0.116. The van der Waals surface area contributed by atoms with Crippen LogP contribution in [-0.2, 0) is 4.79 Å². The highest BCUT2D eigenvalue weighted by molar-refractivity contribution is 5.99. The molecule has 0 bridgehead atoms. The summed E-state index contributed by atoms with van der Waals surface area (Å²) in [5.41, 5.74) is 0.881. The molecule has 2 heteroatoms. The molecule has 0 aromatic heterocycles. The van der Waals surface area contributed by atoms with E-state index in [1.807, 2.05) is 42.5 Å². The first-order valence-electron chi connectivity index (χ1n) is 5.64. The Kier molecular flexibility index (Phi) is 2.30. The number of aliphatic hydroxyl groups excluding tert-OH is 1. The molecule has 0 heterocycles. The van der Waals surface area contributed by atoms with Gasteiger partial charge in [-0.2, -0.15) is 0 Å². The summed E-state index contributed by atoms with van der Waals surface area (Å²) in [7, 11) is 0. The molecule has 2 atom stereocenters. The SMILES string of the molecule is O=C1C=C[C@@H](O)[C@@H]1c1ccc2ccccc2c1. The number of allylic oxidation sites excluding steroid dienone is 1. The van der Waals surface area contributed by atoms with E-state index in [0.29, 0.717) is 0 Å². The van der Waals surface area contributed by atoms with Crippen LogP contribution in [0.5, 0.6) is 0 Å². The molecular formula is C15H12O2. The maximum Gasteiger partial charge on any atom is 0.165 e. The Balaban J connectivity index is 2.09. The van der Waals surface area contributed by atoms with Crippen LogP contribution in [0.1, 0.15) is 11.5 Å². The highest BCUT2D eigenvalue weighted by Gasteiger charge is 2.29. The first-order valence-corrected chi connectivity index (χ1v) is 5.64. The fraction of sp³-hybridized carbons (Fsp3) is 0.133. The smallest absolute Gasteiger partial charge is 0.165 e. The van der Waals surface area contributed by atoms with Crippen LogP contribution in [-0.4, -0.2) is 17.0 Å². The van der Waals surface area contributed by atoms with Crippen LogP contribution in [0.25, 0.3) is 10.8 Å². The van der Waals surface area contributed by atoms with Crippen LogP contribution in [0.15, 0.2) is 54.6 Å². The third-order valence-electron chi connectivity index (χ3n) is 3.24. The second-order valence-electron chi connectivity index (χ2n) is 4.34. The lowest BCUT2D eigenvalue weighted by atomic mass is 9.92. The topological polar surface area (TPSA) is 37.3 Å². The first kappa shape index (κ1) is 10.2. The Morgan fingerprint density at radius 1 is 1.00 bits per heavy atom. The van der Waals surface area contributed by atoms with Gasteiger partial charge in [0, 0.05) is 0 Å². The number of benzene rings is 2. The summed E-state index contributed by atoms with van der Waals surface area (Å²) in [6.07, 6.45) is 2.33. The average Bonchev–Trinajstić information content (AvgIpc) is 2.68. The van der Waals surface area contributed by atoms with Crippen molar-refractivity contribution in [3.63, 3.8) is 0 Å². The molecule has 1 N–H and O–H groups in total. The minimum Gasteiger partial charge on any atom is -0.388 e. The van der Waals surface area contributed by atoms with Gasteiger partial charge in [0.25, 0.3) is 0 Å². The molecule has 0 amide bonds. The van der Waals surface area contributed by atoms with Gasteiger partial charge in [0.2, 0.25) is 0 Å². The van der Waals surface area contributed by atoms with Crippen molar-refractivity contribution < 1.29 is 9.90 Å². The lowest BCUT2D eigenvalue weighted by Crippen LogP contribution is -2.17. The molecule has 2 aromatic carbocycles. The zero-order valence-corrected chi connectivity index (χ0v) is 9.21. The number of rotatable bonds is 1. The number of ketones is 1. The quantitative estimate of drug-likeness (QED) is 0.807. The fourth-order valence-electron chi connectivity index (χ4n) is 2.34. The van der Waals surface area contributed by atoms with E-state index in [9.17, 15) is 9.90 Å². The van der Waals surface area contributed by atoms with Crippen LogP contribution in [0.2, 0.25) is 0 Å². The maximum atomic E-state index is 11.7. The summed E-state index contributed by atoms with van der Waals surface area (Å²) in [6.45, 7) is 0. The van der Waals surface area contributed by atoms with E-state index in [4.69, 9.17) is 0 Å². The van der Waals surface area contributed by atoms with E-state index in [1.54, 1.807) is 6.08 Å². The van der Waals surface area contributed by atoms with E-state index in [-0.39, 0.29) is 5.78 Å². The van der Waals surface area contributed by atoms with Crippen molar-refractivity contribution >= 4 is 16.6 Å². The van der Waals surface area contributed by atoms with Crippen molar-refractivity contribution in [2.24, 2.45) is 0 Å². The van der Waals surface area contributed by atoms with E-state index < -0.39 is 12.0 Å². The molecule has 0 fully saturated rings. The molecule has 0 spiro atoms. The fourth-order valence-corrected chi connectivity index (χ4v) is 2.34. The van der Waals surface area contributed by atoms with Gasteiger partial charge in [0.1, 0.15) is 0 Å². The number of aliphatic hydroxyl groups is 1. The van der Waals surface area contributed by atoms with Crippen molar-refractivity contribution in [3.05, 3.63) is 60.2 Å². The Labute approximate surface area is 99.2 Å². The van der Waals surface area contributed by atoms with Gasteiger partial charge >= 0.3 is 0 Å². The first-order chi connectivity index (χ1) is 8.25. The Hall–Kier alpha value is -1.93. The minimum absolute atomic E-state index is 0.0206. The Morgan fingerprint density at radius 2 is 1.76 bits per heavy atom. The maximum absolute atomic E-state index is 11.7. The summed E-state index contributed by atoms with van der Waals surface area (Å²) in [5, 5.41) is 12.0. The Morgan fingerprint density at radius 3 is 2.47 bits per heavy atom. The van der Waals surface area contributed by atoms with Crippen molar-refractivity contribution in [2.45, 2.75) is 12.0 Å². The van der Waals surface area contributed by atoms with Crippen LogP contribution >= 0.6 is 0 Å². The van der Waals surface area contributed by atoms with Crippen molar-refractivity contribution in [1.82, 2.24) is 0 Å². The van der Waals surface area contributed by atoms with Gasteiger partial charge < -0.3 is 5.11 Å². The van der Waals surface area contributed by atoms with Gasteiger partial charge in [0.05, 0.1) is 12.0 Å². The Bertz CT molecular complexity index is 613. The van der Waals surface area contributed by atoms with Gasteiger partial charge in [-0.3, -0.25) is 4.79 Å². The second kappa shape index (κ2) is 3.82. The molecule has 0 unspecified atom stereocenters. The van der Waals surface area contributed by atoms with E-state index in [1.165, 1.54) is 6.08 Å². The molecule has 1 aliphatic rings.